The van der Waals surface area contributed by atoms with Crippen LogP contribution in [-0.4, -0.2) is 74.9 Å². The van der Waals surface area contributed by atoms with E-state index in [9.17, 15) is 9.90 Å². The van der Waals surface area contributed by atoms with Crippen LogP contribution < -0.4 is 42.4 Å². The largest absolute Gasteiger partial charge is 0.493 e. The minimum Gasteiger partial charge on any atom is -0.493 e. The van der Waals surface area contributed by atoms with Crippen molar-refractivity contribution in [1.82, 2.24) is 24.5 Å². The number of fused-ring (bicyclic) bond motifs is 1. The Bertz CT molecular complexity index is 1620. The van der Waals surface area contributed by atoms with Crippen molar-refractivity contribution in [3.05, 3.63) is 52.2 Å². The van der Waals surface area contributed by atoms with Gasteiger partial charge in [-0.05, 0) is 24.1 Å². The number of aromatic nitrogens is 5. The van der Waals surface area contributed by atoms with Gasteiger partial charge in [0.25, 0.3) is 0 Å². The number of nitrogens with zero attached hydrogens (tertiary/aromatic N) is 5. The zero-order valence-electron chi connectivity index (χ0n) is 24.1. The third-order valence-electron chi connectivity index (χ3n) is 6.87. The van der Waals surface area contributed by atoms with Crippen LogP contribution in [-0.2, 0) is 11.3 Å². The molecule has 0 aliphatic carbocycles. The van der Waals surface area contributed by atoms with E-state index in [4.69, 9.17) is 41.3 Å². The van der Waals surface area contributed by atoms with Gasteiger partial charge in [-0.25, -0.2) is 14.8 Å². The molecule has 2 aromatic heterocycles. The Morgan fingerprint density at radius 3 is 2.33 bits per heavy atom. The van der Waals surface area contributed by atoms with Crippen molar-refractivity contribution in [2.75, 3.05) is 50.5 Å². The third-order valence-corrected chi connectivity index (χ3v) is 6.87. The summed E-state index contributed by atoms with van der Waals surface area (Å²) < 4.78 is 22.5. The molecule has 9 N–H and O–H groups in total. The Morgan fingerprint density at radius 1 is 1.05 bits per heavy atom. The van der Waals surface area contributed by atoms with Gasteiger partial charge < -0.3 is 51.7 Å². The van der Waals surface area contributed by atoms with Gasteiger partial charge in [0.1, 0.15) is 24.5 Å². The summed E-state index contributed by atoms with van der Waals surface area (Å²) in [4.78, 5) is 26.9. The molecular weight excluding hydrogens is 562 g/mol. The highest BCUT2D eigenvalue weighted by molar-refractivity contribution is 5.92. The van der Waals surface area contributed by atoms with E-state index in [1.165, 1.54) is 6.33 Å². The molecule has 1 aliphatic heterocycles. The fourth-order valence-corrected chi connectivity index (χ4v) is 4.66. The van der Waals surface area contributed by atoms with Gasteiger partial charge in [0, 0.05) is 36.2 Å². The normalized spacial score (nSPS) is 17.7. The van der Waals surface area contributed by atoms with Gasteiger partial charge in [-0.1, -0.05) is 6.07 Å². The fraction of sp³-hybridized carbons (Fsp3) is 0.370. The lowest BCUT2D eigenvalue weighted by atomic mass is 10.0. The SMILES string of the molecule is COc1cc(NCc2ccc3nc(N)nc(N)c3c2C)cc(OC)c1OC.Nc1ncn([C@H]2C[C@H](O)[C@@H](CO)O2)c(=O)n1. The first-order chi connectivity index (χ1) is 20.6. The van der Waals surface area contributed by atoms with E-state index in [0.29, 0.717) is 29.6 Å². The number of methoxy groups -OCH3 is 3. The van der Waals surface area contributed by atoms with Gasteiger partial charge in [-0.3, -0.25) is 4.57 Å². The van der Waals surface area contributed by atoms with E-state index in [-0.39, 0.29) is 24.9 Å². The zero-order valence-corrected chi connectivity index (χ0v) is 24.1. The summed E-state index contributed by atoms with van der Waals surface area (Å²) in [5.41, 5.74) is 20.0. The molecule has 4 aromatic rings. The van der Waals surface area contributed by atoms with Gasteiger partial charge in [0.15, 0.2) is 11.5 Å². The van der Waals surface area contributed by atoms with Crippen LogP contribution in [0.5, 0.6) is 17.2 Å². The van der Waals surface area contributed by atoms with Gasteiger partial charge in [-0.2, -0.15) is 9.97 Å². The van der Waals surface area contributed by atoms with Crippen LogP contribution in [0.4, 0.5) is 23.4 Å². The molecule has 0 radical (unpaired) electrons. The first-order valence-corrected chi connectivity index (χ1v) is 13.1. The molecule has 0 spiro atoms. The lowest BCUT2D eigenvalue weighted by Gasteiger charge is -2.16. The first kappa shape index (κ1) is 31.0. The van der Waals surface area contributed by atoms with Gasteiger partial charge in [0.2, 0.25) is 17.6 Å². The van der Waals surface area contributed by atoms with Gasteiger partial charge in [0.05, 0.1) is 39.6 Å². The summed E-state index contributed by atoms with van der Waals surface area (Å²) in [5, 5.41) is 22.6. The summed E-state index contributed by atoms with van der Waals surface area (Å²) in [7, 11) is 4.75. The second-order valence-electron chi connectivity index (χ2n) is 9.50. The van der Waals surface area contributed by atoms with Crippen molar-refractivity contribution in [3.63, 3.8) is 0 Å². The molecule has 230 valence electrons. The molecule has 0 unspecified atom stereocenters. The van der Waals surface area contributed by atoms with Crippen LogP contribution in [0.15, 0.2) is 35.4 Å². The summed E-state index contributed by atoms with van der Waals surface area (Å²) in [6, 6.07) is 7.60. The van der Waals surface area contributed by atoms with Crippen LogP contribution in [0, 0.1) is 6.92 Å². The average Bonchev–Trinajstić information content (AvgIpc) is 3.36. The van der Waals surface area contributed by atoms with Crippen LogP contribution in [0.2, 0.25) is 0 Å². The standard InChI is InChI=1S/C19H23N5O3.C8H12N4O4/c1-10-11(5-6-13-16(10)18(20)24-19(21)23-13)9-22-12-7-14(25-2)17(27-4)15(8-12)26-3;9-7-10-3-12(8(15)11-7)6-1-4(14)5(2-13)16-6/h5-8,22H,9H2,1-4H3,(H4,20,21,23,24);3-6,13-14H,1-2H2,(H2,9,11,15)/t;4-,5+,6+/m.0/s1. The molecule has 0 bridgehead atoms. The fourth-order valence-electron chi connectivity index (χ4n) is 4.66. The van der Waals surface area contributed by atoms with Crippen LogP contribution >= 0.6 is 0 Å². The zero-order chi connectivity index (χ0) is 31.3. The molecule has 3 atom stereocenters. The number of anilines is 4. The maximum Gasteiger partial charge on any atom is 0.354 e. The number of rotatable bonds is 8. The maximum absolute atomic E-state index is 11.4. The minimum absolute atomic E-state index is 0.112. The number of nitrogens with two attached hydrogens (primary N) is 3. The van der Waals surface area contributed by atoms with E-state index in [2.05, 4.69) is 25.3 Å². The molecule has 3 heterocycles. The highest BCUT2D eigenvalue weighted by Gasteiger charge is 2.35. The number of aliphatic hydroxyl groups excluding tert-OH is 2. The van der Waals surface area contributed by atoms with Gasteiger partial charge >= 0.3 is 5.69 Å². The second-order valence-corrected chi connectivity index (χ2v) is 9.50. The lowest BCUT2D eigenvalue weighted by Crippen LogP contribution is -2.28. The predicted octanol–water partition coefficient (Wildman–Crippen LogP) is 0.602. The third kappa shape index (κ3) is 6.77. The number of ether oxygens (including phenoxy) is 4. The van der Waals surface area contributed by atoms with Gasteiger partial charge in [-0.15, -0.1) is 0 Å². The molecule has 16 nitrogen and oxygen atoms in total. The molecule has 1 fully saturated rings. The highest BCUT2D eigenvalue weighted by atomic mass is 16.5. The molecule has 2 aromatic carbocycles. The summed E-state index contributed by atoms with van der Waals surface area (Å²) in [6.07, 6.45) is -0.741. The number of benzene rings is 2. The number of nitrogens with one attached hydrogen (secondary N) is 1. The van der Waals surface area contributed by atoms with Crippen molar-refractivity contribution in [2.24, 2.45) is 0 Å². The average molecular weight is 598 g/mol. The Kier molecular flexibility index (Phi) is 9.64. The molecule has 16 heteroatoms. The van der Waals surface area contributed by atoms with Crippen LogP contribution in [0.1, 0.15) is 23.8 Å². The smallest absolute Gasteiger partial charge is 0.354 e. The number of aliphatic hydroxyl groups is 2. The molecule has 1 saturated heterocycles. The highest BCUT2D eigenvalue weighted by Crippen LogP contribution is 2.40. The summed E-state index contributed by atoms with van der Waals surface area (Å²) >= 11 is 0. The van der Waals surface area contributed by atoms with E-state index in [1.807, 2.05) is 31.2 Å². The van der Waals surface area contributed by atoms with E-state index in [1.54, 1.807) is 21.3 Å². The van der Waals surface area contributed by atoms with Crippen LogP contribution in [0.25, 0.3) is 10.9 Å². The van der Waals surface area contributed by atoms with Crippen LogP contribution in [0.3, 0.4) is 0 Å². The van der Waals surface area contributed by atoms with Crippen molar-refractivity contribution < 1.29 is 29.2 Å². The van der Waals surface area contributed by atoms with E-state index < -0.39 is 24.1 Å². The maximum atomic E-state index is 11.4. The monoisotopic (exact) mass is 597 g/mol. The second kappa shape index (κ2) is 13.4. The molecule has 0 saturated carbocycles. The Balaban J connectivity index is 0.000000225. The van der Waals surface area contributed by atoms with E-state index in [0.717, 1.165) is 32.3 Å². The van der Waals surface area contributed by atoms with E-state index >= 15 is 0 Å². The molecule has 0 amide bonds. The first-order valence-electron chi connectivity index (χ1n) is 13.1. The predicted molar refractivity (Wildman–Crippen MR) is 159 cm³/mol. The number of hydrogen-bond acceptors (Lipinski definition) is 15. The van der Waals surface area contributed by atoms with Crippen molar-refractivity contribution in [1.29, 1.82) is 0 Å². The van der Waals surface area contributed by atoms with Crippen molar-refractivity contribution >= 4 is 34.3 Å². The Labute approximate surface area is 246 Å². The molecule has 1 aliphatic rings. The topological polar surface area (TPSA) is 241 Å². The summed E-state index contributed by atoms with van der Waals surface area (Å²) in [5.74, 6) is 2.16. The molecular formula is C27H35N9O7. The number of aryl methyl sites for hydroxylation is 1. The quantitative estimate of drug-likeness (QED) is 0.163. The van der Waals surface area contributed by atoms with Crippen molar-refractivity contribution in [2.45, 2.75) is 38.3 Å². The summed E-state index contributed by atoms with van der Waals surface area (Å²) in [6.45, 7) is 2.26. The number of nitrogen functional groups attached to an aromatic ring is 3. The Hall–Kier alpha value is -4.93. The molecule has 5 rings (SSSR count). The number of hydrogen-bond donors (Lipinski definition) is 6. The minimum atomic E-state index is -0.806. The van der Waals surface area contributed by atoms with Crippen molar-refractivity contribution in [3.8, 4) is 17.2 Å². The Morgan fingerprint density at radius 2 is 1.74 bits per heavy atom. The molecule has 43 heavy (non-hydrogen) atoms. The lowest BCUT2D eigenvalue weighted by molar-refractivity contribution is -0.0462.